The van der Waals surface area contributed by atoms with Gasteiger partial charge < -0.3 is 0 Å². The lowest BCUT2D eigenvalue weighted by Crippen LogP contribution is -2.32. The van der Waals surface area contributed by atoms with Gasteiger partial charge in [0.15, 0.2) is 0 Å². The summed E-state index contributed by atoms with van der Waals surface area (Å²) >= 11 is 3.92. The fourth-order valence-electron chi connectivity index (χ4n) is 5.16. The molecule has 1 saturated heterocycles. The van der Waals surface area contributed by atoms with E-state index in [4.69, 9.17) is 5.10 Å². The number of benzene rings is 5. The predicted molar refractivity (Wildman–Crippen MR) is 181 cm³/mol. The van der Waals surface area contributed by atoms with Crippen LogP contribution < -0.4 is 15.9 Å². The van der Waals surface area contributed by atoms with Crippen molar-refractivity contribution in [2.45, 2.75) is 33.3 Å². The molecule has 1 fully saturated rings. The summed E-state index contributed by atoms with van der Waals surface area (Å²) < 4.78 is 0.334. The predicted octanol–water partition coefficient (Wildman–Crippen LogP) is 8.15. The van der Waals surface area contributed by atoms with Crippen molar-refractivity contribution in [3.63, 3.8) is 0 Å². The second-order valence-electron chi connectivity index (χ2n) is 9.91. The van der Waals surface area contributed by atoms with Crippen molar-refractivity contribution in [2.24, 2.45) is 5.10 Å². The van der Waals surface area contributed by atoms with Crippen LogP contribution in [0.4, 0.5) is 0 Å². The Morgan fingerprint density at radius 3 is 1.68 bits per heavy atom. The van der Waals surface area contributed by atoms with E-state index in [1.54, 1.807) is 0 Å². The van der Waals surface area contributed by atoms with Crippen LogP contribution in [0.5, 0.6) is 0 Å². The van der Waals surface area contributed by atoms with Gasteiger partial charge in [0.25, 0.3) is 0 Å². The van der Waals surface area contributed by atoms with Crippen molar-refractivity contribution >= 4 is 53.6 Å². The zero-order chi connectivity index (χ0) is 27.7. The van der Waals surface area contributed by atoms with Gasteiger partial charge in [-0.25, -0.2) is 0 Å². The molecule has 0 spiro atoms. The smallest absolute Gasteiger partial charge is 0.0816 e. The summed E-state index contributed by atoms with van der Waals surface area (Å²) in [6.45, 7) is 0.983. The zero-order valence-electron chi connectivity index (χ0n) is 22.9. The maximum absolute atomic E-state index is 5.20. The summed E-state index contributed by atoms with van der Waals surface area (Å²) in [7, 11) is -0.699. The van der Waals surface area contributed by atoms with Crippen molar-refractivity contribution in [3.8, 4) is 0 Å². The zero-order valence-corrected chi connectivity index (χ0v) is 25.4. The van der Waals surface area contributed by atoms with Gasteiger partial charge in [0, 0.05) is 21.9 Å². The van der Waals surface area contributed by atoms with E-state index in [2.05, 4.69) is 157 Å². The largest absolute Gasteiger partial charge is 0.292 e. The van der Waals surface area contributed by atoms with Crippen molar-refractivity contribution in [2.75, 3.05) is 6.54 Å². The van der Waals surface area contributed by atoms with Gasteiger partial charge in [-0.3, -0.25) is 5.01 Å². The Bertz CT molecular complexity index is 1450. The molecule has 2 nitrogen and oxygen atoms in total. The minimum absolute atomic E-state index is 0.334. The quantitative estimate of drug-likeness (QED) is 0.0709. The third kappa shape index (κ3) is 7.13. The maximum atomic E-state index is 5.20. The first-order chi connectivity index (χ1) is 20.3. The van der Waals surface area contributed by atoms with Gasteiger partial charge in [-0.15, -0.1) is 23.5 Å². The molecule has 204 valence electrons. The molecule has 41 heavy (non-hydrogen) atoms. The highest BCUT2D eigenvalue weighted by Gasteiger charge is 2.33. The highest BCUT2D eigenvalue weighted by molar-refractivity contribution is 8.17. The molecule has 6 rings (SSSR count). The van der Waals surface area contributed by atoms with Crippen LogP contribution >= 0.6 is 31.4 Å². The number of hydrogen-bond donors (Lipinski definition) is 0. The van der Waals surface area contributed by atoms with Crippen LogP contribution in [0.1, 0.15) is 18.4 Å². The number of hydrazone groups is 1. The van der Waals surface area contributed by atoms with E-state index in [-0.39, 0.29) is 0 Å². The monoisotopic (exact) mass is 588 g/mol. The lowest BCUT2D eigenvalue weighted by molar-refractivity contribution is 0.282. The average molecular weight is 589 g/mol. The lowest BCUT2D eigenvalue weighted by Gasteiger charge is -2.29. The van der Waals surface area contributed by atoms with E-state index in [1.807, 2.05) is 23.5 Å². The minimum atomic E-state index is -0.699. The van der Waals surface area contributed by atoms with E-state index < -0.39 is 7.92 Å². The standard InChI is InChI=1S/C36H33N2PS2/c1-5-17-30(18-6-1)39(31-19-7-2-8-20-31)35-26-14-13-16-29(35)28-37-38-27-15-25-34(38)36(40-32-21-9-3-10-22-32)41-33-23-11-4-12-24-33/h1-14,16-24,26,28,34,36H,15,25,27H2/b37-28+/t34-/m0/s1. The SMILES string of the molecule is C(=N\N1CCC[C@H]1C(Sc1ccccc1)Sc1ccccc1)/c1ccccc1P(c1ccccc1)c1ccccc1. The number of rotatable bonds is 10. The Kier molecular flexibility index (Phi) is 9.54. The van der Waals surface area contributed by atoms with E-state index in [0.29, 0.717) is 10.6 Å². The fourth-order valence-corrected chi connectivity index (χ4v) is 10.5. The molecule has 5 aromatic rings. The van der Waals surface area contributed by atoms with Gasteiger partial charge in [-0.1, -0.05) is 121 Å². The molecule has 0 N–H and O–H groups in total. The second kappa shape index (κ2) is 14.0. The topological polar surface area (TPSA) is 15.6 Å². The van der Waals surface area contributed by atoms with Crippen molar-refractivity contribution in [1.29, 1.82) is 0 Å². The first-order valence-electron chi connectivity index (χ1n) is 14.1. The summed E-state index contributed by atoms with van der Waals surface area (Å²) in [5, 5.41) is 11.6. The van der Waals surface area contributed by atoms with Crippen LogP contribution in [0.15, 0.2) is 160 Å². The van der Waals surface area contributed by atoms with Gasteiger partial charge in [0.1, 0.15) is 0 Å². The molecule has 0 aromatic heterocycles. The van der Waals surface area contributed by atoms with E-state index in [1.165, 1.54) is 31.3 Å². The van der Waals surface area contributed by atoms with Crippen LogP contribution in [-0.2, 0) is 0 Å². The lowest BCUT2D eigenvalue weighted by atomic mass is 10.2. The number of hydrogen-bond acceptors (Lipinski definition) is 4. The first kappa shape index (κ1) is 27.8. The highest BCUT2D eigenvalue weighted by Crippen LogP contribution is 2.42. The Balaban J connectivity index is 1.30. The van der Waals surface area contributed by atoms with E-state index >= 15 is 0 Å². The van der Waals surface area contributed by atoms with Crippen LogP contribution in [-0.4, -0.2) is 28.4 Å². The Morgan fingerprint density at radius 1 is 0.634 bits per heavy atom. The third-order valence-corrected chi connectivity index (χ3v) is 12.4. The van der Waals surface area contributed by atoms with Gasteiger partial charge in [0.2, 0.25) is 0 Å². The summed E-state index contributed by atoms with van der Waals surface area (Å²) in [5.41, 5.74) is 1.19. The molecule has 0 amide bonds. The van der Waals surface area contributed by atoms with Gasteiger partial charge >= 0.3 is 0 Å². The van der Waals surface area contributed by atoms with Crippen molar-refractivity contribution in [3.05, 3.63) is 151 Å². The van der Waals surface area contributed by atoms with E-state index in [0.717, 1.165) is 19.4 Å². The molecule has 5 aromatic carbocycles. The molecule has 1 heterocycles. The molecular formula is C36H33N2PS2. The molecule has 1 aliphatic heterocycles. The Hall–Kier alpha value is -3.30. The summed E-state index contributed by atoms with van der Waals surface area (Å²) in [5.74, 6) is 0. The summed E-state index contributed by atoms with van der Waals surface area (Å²) in [6.07, 6.45) is 4.42. The number of thioether (sulfide) groups is 2. The summed E-state index contributed by atoms with van der Waals surface area (Å²) in [4.78, 5) is 2.61. The molecule has 0 unspecified atom stereocenters. The van der Waals surface area contributed by atoms with Crippen molar-refractivity contribution in [1.82, 2.24) is 5.01 Å². The third-order valence-electron chi connectivity index (χ3n) is 7.13. The van der Waals surface area contributed by atoms with Crippen molar-refractivity contribution < 1.29 is 0 Å². The van der Waals surface area contributed by atoms with Gasteiger partial charge in [-0.05, 0) is 60.9 Å². The molecule has 0 saturated carbocycles. The maximum Gasteiger partial charge on any atom is 0.0816 e. The Morgan fingerprint density at radius 2 is 1.12 bits per heavy atom. The minimum Gasteiger partial charge on any atom is -0.292 e. The van der Waals surface area contributed by atoms with E-state index in [9.17, 15) is 0 Å². The molecular weight excluding hydrogens is 556 g/mol. The first-order valence-corrected chi connectivity index (χ1v) is 17.2. The second-order valence-corrected chi connectivity index (χ2v) is 14.8. The fraction of sp³-hybridized carbons (Fsp3) is 0.139. The van der Waals surface area contributed by atoms with Gasteiger partial charge in [-0.2, -0.15) is 5.10 Å². The molecule has 5 heteroatoms. The molecule has 1 atom stereocenters. The normalized spacial score (nSPS) is 15.3. The molecule has 0 bridgehead atoms. The molecule has 0 aliphatic carbocycles. The van der Waals surface area contributed by atoms with Gasteiger partial charge in [0.05, 0.1) is 16.8 Å². The Labute approximate surface area is 253 Å². The summed E-state index contributed by atoms with van der Waals surface area (Å²) in [6, 6.07) is 52.6. The van der Waals surface area contributed by atoms with Crippen LogP contribution in [0.3, 0.4) is 0 Å². The highest BCUT2D eigenvalue weighted by atomic mass is 32.2. The van der Waals surface area contributed by atoms with Crippen LogP contribution in [0, 0.1) is 0 Å². The molecule has 1 aliphatic rings. The van der Waals surface area contributed by atoms with Crippen LogP contribution in [0.25, 0.3) is 0 Å². The number of nitrogens with zero attached hydrogens (tertiary/aromatic N) is 2. The molecule has 0 radical (unpaired) electrons. The van der Waals surface area contributed by atoms with Crippen LogP contribution in [0.2, 0.25) is 0 Å². The average Bonchev–Trinajstić information content (AvgIpc) is 3.51.